The van der Waals surface area contributed by atoms with Crippen LogP contribution >= 0.6 is 0 Å². The number of nitrogens with zero attached hydrogens (tertiary/aromatic N) is 1. The third kappa shape index (κ3) is 3.32. The minimum atomic E-state index is -0.0592. The van der Waals surface area contributed by atoms with E-state index in [1.165, 1.54) is 0 Å². The van der Waals surface area contributed by atoms with Crippen LogP contribution in [-0.4, -0.2) is 26.2 Å². The molecule has 1 rings (SSSR count). The molecule has 0 heterocycles. The second-order valence-corrected chi connectivity index (χ2v) is 3.46. The van der Waals surface area contributed by atoms with E-state index in [1.54, 1.807) is 11.9 Å². The van der Waals surface area contributed by atoms with Crippen LogP contribution in [0.15, 0.2) is 24.3 Å². The largest absolute Gasteiger partial charge is 0.372 e. The van der Waals surface area contributed by atoms with Crippen LogP contribution < -0.4 is 10.6 Å². The topological polar surface area (TPSA) is 55.6 Å². The van der Waals surface area contributed by atoms with Crippen molar-refractivity contribution in [3.63, 3.8) is 0 Å². The smallest absolute Gasteiger partial charge is 0.252 e. The van der Waals surface area contributed by atoms with Gasteiger partial charge in [0, 0.05) is 25.9 Å². The molecule has 0 unspecified atom stereocenters. The van der Waals surface area contributed by atoms with Gasteiger partial charge in [-0.15, -0.1) is 0 Å². The number of carbonyl (C=O) groups is 1. The lowest BCUT2D eigenvalue weighted by Crippen LogP contribution is -2.30. The molecule has 2 N–H and O–H groups in total. The van der Waals surface area contributed by atoms with Crippen molar-refractivity contribution >= 4 is 11.6 Å². The first-order valence-electron chi connectivity index (χ1n) is 5.32. The lowest BCUT2D eigenvalue weighted by molar-refractivity contribution is -0.122. The molecule has 0 atom stereocenters. The molecule has 88 valence electrons. The Labute approximate surface area is 96.0 Å². The van der Waals surface area contributed by atoms with Crippen LogP contribution in [0.5, 0.6) is 0 Å². The summed E-state index contributed by atoms with van der Waals surface area (Å²) in [5.41, 5.74) is 7.40. The summed E-state index contributed by atoms with van der Waals surface area (Å²) < 4.78 is 5.08. The van der Waals surface area contributed by atoms with Crippen molar-refractivity contribution in [1.29, 1.82) is 0 Å². The molecule has 0 aliphatic rings. The molecule has 4 heteroatoms. The molecule has 4 nitrogen and oxygen atoms in total. The van der Waals surface area contributed by atoms with Gasteiger partial charge in [0.2, 0.25) is 0 Å². The first-order chi connectivity index (χ1) is 7.69. The van der Waals surface area contributed by atoms with Gasteiger partial charge in [-0.25, -0.2) is 0 Å². The van der Waals surface area contributed by atoms with E-state index < -0.39 is 0 Å². The van der Waals surface area contributed by atoms with Crippen LogP contribution in [-0.2, 0) is 16.1 Å². The Morgan fingerprint density at radius 3 is 2.88 bits per heavy atom. The van der Waals surface area contributed by atoms with E-state index in [2.05, 4.69) is 0 Å². The van der Waals surface area contributed by atoms with Crippen molar-refractivity contribution in [3.8, 4) is 0 Å². The summed E-state index contributed by atoms with van der Waals surface area (Å²) in [7, 11) is 1.73. The second kappa shape index (κ2) is 6.25. The monoisotopic (exact) mass is 222 g/mol. The summed E-state index contributed by atoms with van der Waals surface area (Å²) in [6.45, 7) is 2.99. The molecule has 0 bridgehead atoms. The highest BCUT2D eigenvalue weighted by molar-refractivity contribution is 5.93. The van der Waals surface area contributed by atoms with Gasteiger partial charge in [0.05, 0.1) is 0 Å². The van der Waals surface area contributed by atoms with E-state index in [9.17, 15) is 4.79 Å². The van der Waals surface area contributed by atoms with Crippen LogP contribution in [0.4, 0.5) is 5.69 Å². The predicted molar refractivity (Wildman–Crippen MR) is 64.2 cm³/mol. The van der Waals surface area contributed by atoms with Crippen molar-refractivity contribution in [1.82, 2.24) is 0 Å². The SMILES string of the molecule is CCOCC(=O)N(C)c1cccc(CN)c1. The highest BCUT2D eigenvalue weighted by atomic mass is 16.5. The number of ether oxygens (including phenoxy) is 1. The standard InChI is InChI=1S/C12H18N2O2/c1-3-16-9-12(15)14(2)11-6-4-5-10(7-11)8-13/h4-7H,3,8-9,13H2,1-2H3. The van der Waals surface area contributed by atoms with Crippen molar-refractivity contribution in [2.45, 2.75) is 13.5 Å². The summed E-state index contributed by atoms with van der Waals surface area (Å²) in [5, 5.41) is 0. The quantitative estimate of drug-likeness (QED) is 0.813. The molecule has 1 amide bonds. The van der Waals surface area contributed by atoms with E-state index in [1.807, 2.05) is 31.2 Å². The van der Waals surface area contributed by atoms with E-state index in [0.29, 0.717) is 13.2 Å². The number of anilines is 1. The molecular formula is C12H18N2O2. The highest BCUT2D eigenvalue weighted by Crippen LogP contribution is 2.14. The molecule has 0 spiro atoms. The first-order valence-corrected chi connectivity index (χ1v) is 5.32. The fourth-order valence-electron chi connectivity index (χ4n) is 1.32. The van der Waals surface area contributed by atoms with Gasteiger partial charge in [-0.2, -0.15) is 0 Å². The third-order valence-corrected chi connectivity index (χ3v) is 2.34. The van der Waals surface area contributed by atoms with Gasteiger partial charge >= 0.3 is 0 Å². The molecule has 1 aromatic rings. The number of nitrogens with two attached hydrogens (primary N) is 1. The zero-order valence-electron chi connectivity index (χ0n) is 9.77. The van der Waals surface area contributed by atoms with Crippen molar-refractivity contribution in [3.05, 3.63) is 29.8 Å². The minimum absolute atomic E-state index is 0.0592. The summed E-state index contributed by atoms with van der Waals surface area (Å²) in [4.78, 5) is 13.2. The number of carbonyl (C=O) groups excluding carboxylic acids is 1. The summed E-state index contributed by atoms with van der Waals surface area (Å²) in [5.74, 6) is -0.0592. The molecule has 0 saturated carbocycles. The third-order valence-electron chi connectivity index (χ3n) is 2.34. The number of rotatable bonds is 5. The fourth-order valence-corrected chi connectivity index (χ4v) is 1.32. The van der Waals surface area contributed by atoms with Crippen LogP contribution in [0, 0.1) is 0 Å². The van der Waals surface area contributed by atoms with E-state index in [4.69, 9.17) is 10.5 Å². The van der Waals surface area contributed by atoms with Gasteiger partial charge < -0.3 is 15.4 Å². The number of hydrogen-bond acceptors (Lipinski definition) is 3. The Kier molecular flexibility index (Phi) is 4.95. The van der Waals surface area contributed by atoms with Crippen molar-refractivity contribution < 1.29 is 9.53 Å². The lowest BCUT2D eigenvalue weighted by Gasteiger charge is -2.17. The maximum absolute atomic E-state index is 11.7. The molecule has 0 fully saturated rings. The Morgan fingerprint density at radius 2 is 2.25 bits per heavy atom. The summed E-state index contributed by atoms with van der Waals surface area (Å²) in [6, 6.07) is 7.61. The Bertz CT molecular complexity index is 353. The molecular weight excluding hydrogens is 204 g/mol. The predicted octanol–water partition coefficient (Wildman–Crippen LogP) is 1.14. The minimum Gasteiger partial charge on any atom is -0.372 e. The van der Waals surface area contributed by atoms with Crippen molar-refractivity contribution in [2.24, 2.45) is 5.73 Å². The summed E-state index contributed by atoms with van der Waals surface area (Å²) in [6.07, 6.45) is 0. The highest BCUT2D eigenvalue weighted by Gasteiger charge is 2.10. The zero-order valence-corrected chi connectivity index (χ0v) is 9.77. The number of benzene rings is 1. The van der Waals surface area contributed by atoms with Gasteiger partial charge in [0.25, 0.3) is 5.91 Å². The van der Waals surface area contributed by atoms with Gasteiger partial charge in [-0.3, -0.25) is 4.79 Å². The number of amides is 1. The van der Waals surface area contributed by atoms with Crippen LogP contribution in [0.3, 0.4) is 0 Å². The Hall–Kier alpha value is -1.39. The van der Waals surface area contributed by atoms with Crippen LogP contribution in [0.25, 0.3) is 0 Å². The number of hydrogen-bond donors (Lipinski definition) is 1. The molecule has 0 aliphatic heterocycles. The van der Waals surface area contributed by atoms with Gasteiger partial charge in [-0.1, -0.05) is 12.1 Å². The van der Waals surface area contributed by atoms with E-state index >= 15 is 0 Å². The fraction of sp³-hybridized carbons (Fsp3) is 0.417. The molecule has 1 aromatic carbocycles. The van der Waals surface area contributed by atoms with Crippen LogP contribution in [0.1, 0.15) is 12.5 Å². The van der Waals surface area contributed by atoms with E-state index in [-0.39, 0.29) is 12.5 Å². The van der Waals surface area contributed by atoms with Crippen LogP contribution in [0.2, 0.25) is 0 Å². The average Bonchev–Trinajstić information content (AvgIpc) is 2.35. The second-order valence-electron chi connectivity index (χ2n) is 3.46. The van der Waals surface area contributed by atoms with Gasteiger partial charge in [0.15, 0.2) is 0 Å². The van der Waals surface area contributed by atoms with E-state index in [0.717, 1.165) is 11.3 Å². The molecule has 0 saturated heterocycles. The van der Waals surface area contributed by atoms with Gasteiger partial charge in [-0.05, 0) is 24.6 Å². The molecule has 0 radical (unpaired) electrons. The normalized spacial score (nSPS) is 10.2. The number of likely N-dealkylation sites (N-methyl/N-ethyl adjacent to an activating group) is 1. The van der Waals surface area contributed by atoms with Gasteiger partial charge in [0.1, 0.15) is 6.61 Å². The Balaban J connectivity index is 2.71. The Morgan fingerprint density at radius 1 is 1.50 bits per heavy atom. The first kappa shape index (κ1) is 12.7. The molecule has 16 heavy (non-hydrogen) atoms. The average molecular weight is 222 g/mol. The zero-order chi connectivity index (χ0) is 12.0. The maximum atomic E-state index is 11.7. The molecule has 0 aromatic heterocycles. The maximum Gasteiger partial charge on any atom is 0.252 e. The molecule has 0 aliphatic carbocycles. The van der Waals surface area contributed by atoms with Crippen molar-refractivity contribution in [2.75, 3.05) is 25.2 Å². The lowest BCUT2D eigenvalue weighted by atomic mass is 10.2. The summed E-state index contributed by atoms with van der Waals surface area (Å²) >= 11 is 0.